The summed E-state index contributed by atoms with van der Waals surface area (Å²) in [5, 5.41) is -0.522. The van der Waals surface area contributed by atoms with Crippen LogP contribution in [-0.4, -0.2) is 0 Å². The zero-order valence-corrected chi connectivity index (χ0v) is 11.5. The molecule has 21 heavy (non-hydrogen) atoms. The molecular weight excluding hydrogens is 310 g/mol. The van der Waals surface area contributed by atoms with Crippen molar-refractivity contribution in [3.8, 4) is 11.5 Å². The zero-order valence-electron chi connectivity index (χ0n) is 10.8. The van der Waals surface area contributed by atoms with Gasteiger partial charge in [-0.2, -0.15) is 13.2 Å². The van der Waals surface area contributed by atoms with E-state index in [-0.39, 0.29) is 17.2 Å². The minimum Gasteiger partial charge on any atom is -0.455 e. The number of rotatable bonds is 2. The van der Waals surface area contributed by atoms with Crippen LogP contribution >= 0.6 is 11.6 Å². The number of aryl methyl sites for hydroxylation is 1. The second-order valence-corrected chi connectivity index (χ2v) is 4.79. The average Bonchev–Trinajstić information content (AvgIpc) is 2.35. The molecule has 0 aliphatic heterocycles. The molecule has 0 fully saturated rings. The van der Waals surface area contributed by atoms with Gasteiger partial charge in [0.2, 0.25) is 0 Å². The number of alkyl halides is 3. The van der Waals surface area contributed by atoms with Gasteiger partial charge in [0.25, 0.3) is 0 Å². The normalized spacial score (nSPS) is 11.5. The van der Waals surface area contributed by atoms with Crippen LogP contribution in [0.15, 0.2) is 30.3 Å². The Hall–Kier alpha value is -1.95. The van der Waals surface area contributed by atoms with Gasteiger partial charge in [-0.05, 0) is 36.8 Å². The molecule has 0 heterocycles. The van der Waals surface area contributed by atoms with E-state index < -0.39 is 22.6 Å². The van der Waals surface area contributed by atoms with Gasteiger partial charge in [-0.3, -0.25) is 0 Å². The van der Waals surface area contributed by atoms with Crippen molar-refractivity contribution in [2.24, 2.45) is 0 Å². The molecule has 2 N–H and O–H groups in total. The second kappa shape index (κ2) is 5.44. The lowest BCUT2D eigenvalue weighted by molar-refractivity contribution is -0.137. The predicted molar refractivity (Wildman–Crippen MR) is 72.1 cm³/mol. The van der Waals surface area contributed by atoms with Crippen molar-refractivity contribution in [2.45, 2.75) is 13.1 Å². The fourth-order valence-electron chi connectivity index (χ4n) is 1.72. The number of anilines is 1. The molecule has 0 amide bonds. The molecule has 112 valence electrons. The van der Waals surface area contributed by atoms with E-state index in [1.54, 1.807) is 6.92 Å². The van der Waals surface area contributed by atoms with E-state index in [4.69, 9.17) is 22.1 Å². The van der Waals surface area contributed by atoms with Crippen molar-refractivity contribution >= 4 is 17.3 Å². The van der Waals surface area contributed by atoms with Crippen LogP contribution in [0.4, 0.5) is 23.2 Å². The van der Waals surface area contributed by atoms with E-state index in [1.807, 2.05) is 0 Å². The Labute approximate surface area is 123 Å². The maximum atomic E-state index is 13.0. The number of hydrogen-bond donors (Lipinski definition) is 1. The maximum absolute atomic E-state index is 13.0. The summed E-state index contributed by atoms with van der Waals surface area (Å²) in [5.74, 6) is -0.195. The van der Waals surface area contributed by atoms with Crippen LogP contribution in [0.3, 0.4) is 0 Å². The van der Waals surface area contributed by atoms with Crippen LogP contribution in [-0.2, 0) is 6.18 Å². The number of halogens is 5. The molecule has 0 radical (unpaired) electrons. The van der Waals surface area contributed by atoms with Crippen molar-refractivity contribution in [3.05, 3.63) is 52.3 Å². The fourth-order valence-corrected chi connectivity index (χ4v) is 1.98. The summed E-state index contributed by atoms with van der Waals surface area (Å²) in [6.07, 6.45) is -4.60. The van der Waals surface area contributed by atoms with Crippen molar-refractivity contribution in [1.82, 2.24) is 0 Å². The molecule has 0 unspecified atom stereocenters. The average molecular weight is 320 g/mol. The van der Waals surface area contributed by atoms with Gasteiger partial charge in [0, 0.05) is 6.07 Å². The number of benzene rings is 2. The Bertz CT molecular complexity index is 685. The van der Waals surface area contributed by atoms with E-state index in [0.29, 0.717) is 11.6 Å². The number of nitrogen functional groups attached to an aromatic ring is 1. The molecule has 0 saturated heterocycles. The molecule has 0 bridgehead atoms. The van der Waals surface area contributed by atoms with Crippen molar-refractivity contribution in [3.63, 3.8) is 0 Å². The summed E-state index contributed by atoms with van der Waals surface area (Å²) in [6.45, 7) is 1.60. The van der Waals surface area contributed by atoms with Crippen molar-refractivity contribution in [2.75, 3.05) is 5.73 Å². The van der Waals surface area contributed by atoms with Crippen molar-refractivity contribution < 1.29 is 22.3 Å². The van der Waals surface area contributed by atoms with E-state index >= 15 is 0 Å². The Kier molecular flexibility index (Phi) is 4.00. The smallest absolute Gasteiger partial charge is 0.417 e. The van der Waals surface area contributed by atoms with Gasteiger partial charge >= 0.3 is 6.18 Å². The highest BCUT2D eigenvalue weighted by molar-refractivity contribution is 6.31. The lowest BCUT2D eigenvalue weighted by Gasteiger charge is -2.14. The molecule has 0 aliphatic carbocycles. The topological polar surface area (TPSA) is 35.2 Å². The molecule has 0 aromatic heterocycles. The van der Waals surface area contributed by atoms with Gasteiger partial charge in [0.1, 0.15) is 11.6 Å². The summed E-state index contributed by atoms with van der Waals surface area (Å²) in [4.78, 5) is 0. The van der Waals surface area contributed by atoms with E-state index in [2.05, 4.69) is 0 Å². The van der Waals surface area contributed by atoms with Gasteiger partial charge in [0.05, 0.1) is 16.3 Å². The van der Waals surface area contributed by atoms with Crippen LogP contribution in [0.1, 0.15) is 11.1 Å². The van der Waals surface area contributed by atoms with Crippen LogP contribution in [0, 0.1) is 12.7 Å². The van der Waals surface area contributed by atoms with Crippen LogP contribution in [0.2, 0.25) is 5.02 Å². The molecule has 2 aromatic rings. The summed E-state index contributed by atoms with van der Waals surface area (Å²) < 4.78 is 56.4. The molecule has 2 rings (SSSR count). The highest BCUT2D eigenvalue weighted by Gasteiger charge is 2.34. The Morgan fingerprint density at radius 1 is 1.10 bits per heavy atom. The van der Waals surface area contributed by atoms with Crippen LogP contribution in [0.25, 0.3) is 0 Å². The van der Waals surface area contributed by atoms with Crippen molar-refractivity contribution in [1.29, 1.82) is 0 Å². The largest absolute Gasteiger partial charge is 0.455 e. The third-order valence-electron chi connectivity index (χ3n) is 2.76. The molecule has 7 heteroatoms. The first-order valence-corrected chi connectivity index (χ1v) is 6.16. The minimum atomic E-state index is -4.60. The highest BCUT2D eigenvalue weighted by atomic mass is 35.5. The molecule has 2 aromatic carbocycles. The Morgan fingerprint density at radius 2 is 1.76 bits per heavy atom. The van der Waals surface area contributed by atoms with Gasteiger partial charge in [-0.15, -0.1) is 0 Å². The minimum absolute atomic E-state index is 0.0253. The van der Waals surface area contributed by atoms with Gasteiger partial charge in [-0.1, -0.05) is 11.6 Å². The first-order valence-electron chi connectivity index (χ1n) is 5.78. The predicted octanol–water partition coefficient (Wildman–Crippen LogP) is 5.18. The highest BCUT2D eigenvalue weighted by Crippen LogP contribution is 2.40. The molecule has 2 nitrogen and oxygen atoms in total. The lowest BCUT2D eigenvalue weighted by Crippen LogP contribution is -2.07. The summed E-state index contributed by atoms with van der Waals surface area (Å²) in [5.41, 5.74) is 4.78. The van der Waals surface area contributed by atoms with Crippen LogP contribution in [0.5, 0.6) is 11.5 Å². The molecule has 0 atom stereocenters. The van der Waals surface area contributed by atoms with E-state index in [9.17, 15) is 17.6 Å². The SMILES string of the molecule is Cc1cc(F)ccc1Oc1cc(Cl)c(C(F)(F)F)cc1N. The Balaban J connectivity index is 2.40. The fraction of sp³-hybridized carbons (Fsp3) is 0.143. The quantitative estimate of drug-likeness (QED) is 0.611. The van der Waals surface area contributed by atoms with Gasteiger partial charge in [-0.25, -0.2) is 4.39 Å². The molecular formula is C14H10ClF4NO. The summed E-state index contributed by atoms with van der Waals surface area (Å²) in [7, 11) is 0. The zero-order chi connectivity index (χ0) is 15.8. The van der Waals surface area contributed by atoms with Gasteiger partial charge in [0.15, 0.2) is 5.75 Å². The third-order valence-corrected chi connectivity index (χ3v) is 3.07. The summed E-state index contributed by atoms with van der Waals surface area (Å²) >= 11 is 5.60. The van der Waals surface area contributed by atoms with E-state index in [1.165, 1.54) is 18.2 Å². The second-order valence-electron chi connectivity index (χ2n) is 4.38. The Morgan fingerprint density at radius 3 is 2.33 bits per heavy atom. The van der Waals surface area contributed by atoms with Gasteiger partial charge < -0.3 is 10.5 Å². The molecule has 0 spiro atoms. The molecule has 0 saturated carbocycles. The maximum Gasteiger partial charge on any atom is 0.417 e. The lowest BCUT2D eigenvalue weighted by atomic mass is 10.1. The first kappa shape index (κ1) is 15.4. The summed E-state index contributed by atoms with van der Waals surface area (Å²) in [6, 6.07) is 5.45. The van der Waals surface area contributed by atoms with E-state index in [0.717, 1.165) is 6.07 Å². The van der Waals surface area contributed by atoms with Crippen LogP contribution < -0.4 is 10.5 Å². The monoisotopic (exact) mass is 319 g/mol. The first-order chi connectivity index (χ1) is 9.68. The molecule has 0 aliphatic rings. The standard InChI is InChI=1S/C14H10ClF4NO/c1-7-4-8(16)2-3-12(7)21-13-6-10(15)9(5-11(13)20)14(17,18)19/h2-6H,20H2,1H3. The number of hydrogen-bond acceptors (Lipinski definition) is 2. The number of ether oxygens (including phenoxy) is 1. The number of nitrogens with two attached hydrogens (primary N) is 1. The third kappa shape index (κ3) is 3.39.